The molecule has 3 rings (SSSR count). The number of halogens is 4. The summed E-state index contributed by atoms with van der Waals surface area (Å²) in [5, 5.41) is 8.92. The molecule has 0 unspecified atom stereocenters. The fraction of sp³-hybridized carbons (Fsp3) is 0.478. The maximum atomic E-state index is 14.2. The number of rotatable bonds is 7. The Morgan fingerprint density at radius 3 is 2.41 bits per heavy atom. The molecule has 0 bridgehead atoms. The van der Waals surface area contributed by atoms with Crippen molar-refractivity contribution in [3.63, 3.8) is 0 Å². The second kappa shape index (κ2) is 9.44. The zero-order chi connectivity index (χ0) is 23.5. The number of piperidine rings is 1. The molecule has 1 saturated heterocycles. The van der Waals surface area contributed by atoms with Crippen molar-refractivity contribution in [3.8, 4) is 17.0 Å². The van der Waals surface area contributed by atoms with Gasteiger partial charge in [-0.2, -0.15) is 13.2 Å². The first-order chi connectivity index (χ1) is 15.0. The highest BCUT2D eigenvalue weighted by atomic mass is 19.4. The van der Waals surface area contributed by atoms with Gasteiger partial charge in [0, 0.05) is 12.1 Å². The molecule has 1 aromatic carbocycles. The van der Waals surface area contributed by atoms with Gasteiger partial charge in [-0.15, -0.1) is 0 Å². The number of nitrogens with zero attached hydrogens (tertiary/aromatic N) is 2. The van der Waals surface area contributed by atoms with E-state index in [1.807, 2.05) is 4.90 Å². The SMILES string of the molecule is CC(C)(CN1CCC(COc2ccc(-c3ccc(C(=O)O)cc3F)nc2)CC1)C(F)(F)F. The third kappa shape index (κ3) is 5.76. The van der Waals surface area contributed by atoms with E-state index in [9.17, 15) is 22.4 Å². The van der Waals surface area contributed by atoms with E-state index in [-0.39, 0.29) is 23.6 Å². The number of hydrogen-bond donors (Lipinski definition) is 1. The molecule has 1 fully saturated rings. The van der Waals surface area contributed by atoms with E-state index in [0.717, 1.165) is 18.9 Å². The summed E-state index contributed by atoms with van der Waals surface area (Å²) in [7, 11) is 0. The van der Waals surface area contributed by atoms with Crippen LogP contribution in [0.1, 0.15) is 37.0 Å². The topological polar surface area (TPSA) is 62.7 Å². The smallest absolute Gasteiger partial charge is 0.395 e. The molecule has 2 aromatic rings. The van der Waals surface area contributed by atoms with E-state index in [1.54, 1.807) is 12.1 Å². The van der Waals surface area contributed by atoms with Crippen molar-refractivity contribution in [3.05, 3.63) is 47.9 Å². The molecule has 0 radical (unpaired) electrons. The summed E-state index contributed by atoms with van der Waals surface area (Å²) in [4.78, 5) is 17.0. The Bertz CT molecular complexity index is 937. The number of carboxylic acid groups (broad SMARTS) is 1. The number of benzene rings is 1. The largest absolute Gasteiger partial charge is 0.492 e. The summed E-state index contributed by atoms with van der Waals surface area (Å²) in [5.74, 6) is -1.13. The fourth-order valence-electron chi connectivity index (χ4n) is 3.65. The number of hydrogen-bond acceptors (Lipinski definition) is 4. The average molecular weight is 454 g/mol. The van der Waals surface area contributed by atoms with Gasteiger partial charge in [0.2, 0.25) is 0 Å². The van der Waals surface area contributed by atoms with Gasteiger partial charge in [0.05, 0.1) is 29.5 Å². The molecule has 32 heavy (non-hydrogen) atoms. The Morgan fingerprint density at radius 1 is 1.19 bits per heavy atom. The quantitative estimate of drug-likeness (QED) is 0.578. The van der Waals surface area contributed by atoms with E-state index in [4.69, 9.17) is 9.84 Å². The highest BCUT2D eigenvalue weighted by molar-refractivity contribution is 5.88. The van der Waals surface area contributed by atoms with Crippen LogP contribution in [0.3, 0.4) is 0 Å². The van der Waals surface area contributed by atoms with Crippen LogP contribution >= 0.6 is 0 Å². The highest BCUT2D eigenvalue weighted by Gasteiger charge is 2.48. The van der Waals surface area contributed by atoms with Gasteiger partial charge >= 0.3 is 12.1 Å². The monoisotopic (exact) mass is 454 g/mol. The third-order valence-electron chi connectivity index (χ3n) is 5.81. The minimum absolute atomic E-state index is 0.0144. The van der Waals surface area contributed by atoms with Gasteiger partial charge in [-0.3, -0.25) is 4.98 Å². The first-order valence-corrected chi connectivity index (χ1v) is 10.4. The molecule has 5 nitrogen and oxygen atoms in total. The summed E-state index contributed by atoms with van der Waals surface area (Å²) < 4.78 is 59.2. The zero-order valence-electron chi connectivity index (χ0n) is 18.0. The van der Waals surface area contributed by atoms with Crippen LogP contribution in [0.25, 0.3) is 11.3 Å². The van der Waals surface area contributed by atoms with Crippen molar-refractivity contribution in [1.29, 1.82) is 0 Å². The first-order valence-electron chi connectivity index (χ1n) is 10.4. The van der Waals surface area contributed by atoms with Crippen LogP contribution in [0.5, 0.6) is 5.75 Å². The Balaban J connectivity index is 1.50. The predicted molar refractivity (Wildman–Crippen MR) is 111 cm³/mol. The van der Waals surface area contributed by atoms with Crippen LogP contribution in [0, 0.1) is 17.2 Å². The number of aromatic carboxylic acids is 1. The molecule has 1 aromatic heterocycles. The Morgan fingerprint density at radius 2 is 1.88 bits per heavy atom. The molecular formula is C23H26F4N2O3. The molecule has 0 amide bonds. The van der Waals surface area contributed by atoms with E-state index in [2.05, 4.69) is 4.98 Å². The van der Waals surface area contributed by atoms with Gasteiger partial charge in [0.15, 0.2) is 0 Å². The van der Waals surface area contributed by atoms with E-state index in [1.165, 1.54) is 32.2 Å². The summed E-state index contributed by atoms with van der Waals surface area (Å²) in [6.45, 7) is 4.06. The number of aromatic nitrogens is 1. The molecule has 174 valence electrons. The van der Waals surface area contributed by atoms with Crippen molar-refractivity contribution < 1.29 is 32.2 Å². The zero-order valence-corrected chi connectivity index (χ0v) is 18.0. The molecule has 9 heteroatoms. The second-order valence-electron chi connectivity index (χ2n) is 8.79. The molecule has 1 aliphatic rings. The van der Waals surface area contributed by atoms with Crippen LogP contribution in [-0.2, 0) is 0 Å². The van der Waals surface area contributed by atoms with Gasteiger partial charge in [-0.05, 0) is 76.0 Å². The third-order valence-corrected chi connectivity index (χ3v) is 5.81. The first kappa shape index (κ1) is 24.0. The second-order valence-corrected chi connectivity index (χ2v) is 8.79. The van der Waals surface area contributed by atoms with Crippen molar-refractivity contribution in [2.45, 2.75) is 32.9 Å². The van der Waals surface area contributed by atoms with Crippen molar-refractivity contribution in [2.24, 2.45) is 11.3 Å². The minimum atomic E-state index is -4.23. The van der Waals surface area contributed by atoms with Crippen LogP contribution < -0.4 is 4.74 Å². The van der Waals surface area contributed by atoms with Crippen molar-refractivity contribution >= 4 is 5.97 Å². The van der Waals surface area contributed by atoms with E-state index < -0.39 is 23.4 Å². The Labute approximate surface area is 184 Å². The van der Waals surface area contributed by atoms with Gasteiger partial charge in [-0.1, -0.05) is 0 Å². The predicted octanol–water partition coefficient (Wildman–Crippen LogP) is 5.27. The van der Waals surface area contributed by atoms with Crippen LogP contribution in [0.4, 0.5) is 17.6 Å². The molecule has 2 heterocycles. The van der Waals surface area contributed by atoms with Gasteiger partial charge in [0.1, 0.15) is 11.6 Å². The van der Waals surface area contributed by atoms with Crippen molar-refractivity contribution in [1.82, 2.24) is 9.88 Å². The van der Waals surface area contributed by atoms with Crippen LogP contribution in [0.2, 0.25) is 0 Å². The molecular weight excluding hydrogens is 428 g/mol. The lowest BCUT2D eigenvalue weighted by atomic mass is 9.89. The number of pyridine rings is 1. The lowest BCUT2D eigenvalue weighted by molar-refractivity contribution is -0.217. The van der Waals surface area contributed by atoms with E-state index >= 15 is 0 Å². The van der Waals surface area contributed by atoms with Gasteiger partial charge in [-0.25, -0.2) is 9.18 Å². The molecule has 0 saturated carbocycles. The fourth-order valence-corrected chi connectivity index (χ4v) is 3.65. The molecule has 0 spiro atoms. The molecule has 0 atom stereocenters. The lowest BCUT2D eigenvalue weighted by Gasteiger charge is -2.38. The summed E-state index contributed by atoms with van der Waals surface area (Å²) >= 11 is 0. The van der Waals surface area contributed by atoms with Crippen LogP contribution in [-0.4, -0.2) is 53.4 Å². The van der Waals surface area contributed by atoms with E-state index in [0.29, 0.717) is 31.1 Å². The minimum Gasteiger partial charge on any atom is -0.492 e. The standard InChI is InChI=1S/C23H26F4N2O3/c1-22(2,23(25,26)27)14-29-9-7-15(8-10-29)13-32-17-4-6-20(28-12-17)18-5-3-16(21(30)31)11-19(18)24/h3-6,11-12,15H,7-10,13-14H2,1-2H3,(H,30,31). The molecule has 0 aliphatic carbocycles. The maximum absolute atomic E-state index is 14.2. The van der Waals surface area contributed by atoms with Gasteiger partial charge < -0.3 is 14.7 Å². The highest BCUT2D eigenvalue weighted by Crippen LogP contribution is 2.38. The summed E-state index contributed by atoms with van der Waals surface area (Å²) in [6.07, 6.45) is -1.25. The Kier molecular flexibility index (Phi) is 7.07. The lowest BCUT2D eigenvalue weighted by Crippen LogP contribution is -2.46. The molecule has 1 aliphatic heterocycles. The van der Waals surface area contributed by atoms with Gasteiger partial charge in [0.25, 0.3) is 0 Å². The Hall–Kier alpha value is -2.68. The van der Waals surface area contributed by atoms with Crippen LogP contribution in [0.15, 0.2) is 36.5 Å². The normalized spacial score (nSPS) is 16.2. The maximum Gasteiger partial charge on any atom is 0.395 e. The molecule has 1 N–H and O–H groups in total. The average Bonchev–Trinajstić information content (AvgIpc) is 2.72. The number of likely N-dealkylation sites (tertiary alicyclic amines) is 1. The number of ether oxygens (including phenoxy) is 1. The summed E-state index contributed by atoms with van der Waals surface area (Å²) in [5.41, 5.74) is -1.33. The number of carbonyl (C=O) groups is 1. The number of carboxylic acids is 1. The summed E-state index contributed by atoms with van der Waals surface area (Å²) in [6, 6.07) is 6.89. The van der Waals surface area contributed by atoms with Crippen molar-refractivity contribution in [2.75, 3.05) is 26.2 Å². The number of alkyl halides is 3.